The van der Waals surface area contributed by atoms with Gasteiger partial charge in [0.05, 0.1) is 0 Å². The molecule has 11 heavy (non-hydrogen) atoms. The fourth-order valence-corrected chi connectivity index (χ4v) is 1.07. The van der Waals surface area contributed by atoms with Gasteiger partial charge in [0.25, 0.3) is 0 Å². The van der Waals surface area contributed by atoms with Gasteiger partial charge in [-0.25, -0.2) is 0 Å². The maximum Gasteiger partial charge on any atom is 0.0412 e. The van der Waals surface area contributed by atoms with Gasteiger partial charge in [-0.05, 0) is 24.1 Å². The molecule has 0 aliphatic heterocycles. The van der Waals surface area contributed by atoms with Crippen LogP contribution in [0.15, 0.2) is 24.3 Å². The zero-order valence-electron chi connectivity index (χ0n) is 6.39. The predicted octanol–water partition coefficient (Wildman–Crippen LogP) is 3.12. The van der Waals surface area contributed by atoms with Gasteiger partial charge in [-0.15, -0.1) is 0 Å². The summed E-state index contributed by atoms with van der Waals surface area (Å²) in [5.41, 5.74) is 1.55. The van der Waals surface area contributed by atoms with E-state index in [1.54, 1.807) is 0 Å². The van der Waals surface area contributed by atoms with Crippen LogP contribution in [0.25, 0.3) is 0 Å². The molecule has 58 valence electrons. The fraction of sp³-hybridized carbons (Fsp3) is 0.222. The van der Waals surface area contributed by atoms with Crippen molar-refractivity contribution in [3.05, 3.63) is 34.9 Å². The highest BCUT2D eigenvalue weighted by molar-refractivity contribution is 6.31. The SMILES string of the molecule is CCC(=N)c1cccc(Cl)c1. The van der Waals surface area contributed by atoms with Crippen LogP contribution in [0.1, 0.15) is 18.9 Å². The molecule has 0 amide bonds. The summed E-state index contributed by atoms with van der Waals surface area (Å²) >= 11 is 5.75. The summed E-state index contributed by atoms with van der Waals surface area (Å²) < 4.78 is 0. The standard InChI is InChI=1S/C9H10ClN/c1-2-9(11)7-4-3-5-8(10)6-7/h3-6,11H,2H2,1H3. The quantitative estimate of drug-likeness (QED) is 0.655. The van der Waals surface area contributed by atoms with E-state index in [2.05, 4.69) is 0 Å². The smallest absolute Gasteiger partial charge is 0.0412 e. The Morgan fingerprint density at radius 1 is 1.55 bits per heavy atom. The van der Waals surface area contributed by atoms with Gasteiger partial charge >= 0.3 is 0 Å². The van der Waals surface area contributed by atoms with E-state index in [4.69, 9.17) is 17.0 Å². The second-order valence-corrected chi connectivity index (χ2v) is 2.78. The van der Waals surface area contributed by atoms with Crippen LogP contribution in [0.2, 0.25) is 5.02 Å². The third-order valence-electron chi connectivity index (χ3n) is 1.53. The van der Waals surface area contributed by atoms with Crippen LogP contribution >= 0.6 is 11.6 Å². The summed E-state index contributed by atoms with van der Waals surface area (Å²) in [5, 5.41) is 8.21. The molecular formula is C9H10ClN. The number of hydrogen-bond donors (Lipinski definition) is 1. The molecule has 0 saturated carbocycles. The molecule has 1 N–H and O–H groups in total. The van der Waals surface area contributed by atoms with Crippen molar-refractivity contribution in [3.8, 4) is 0 Å². The highest BCUT2D eigenvalue weighted by Crippen LogP contribution is 2.11. The van der Waals surface area contributed by atoms with Crippen LogP contribution in [-0.2, 0) is 0 Å². The van der Waals surface area contributed by atoms with Crippen LogP contribution < -0.4 is 0 Å². The summed E-state index contributed by atoms with van der Waals surface area (Å²) in [5.74, 6) is 0. The van der Waals surface area contributed by atoms with Gasteiger partial charge < -0.3 is 5.41 Å². The monoisotopic (exact) mass is 167 g/mol. The topological polar surface area (TPSA) is 23.9 Å². The summed E-state index contributed by atoms with van der Waals surface area (Å²) in [4.78, 5) is 0. The predicted molar refractivity (Wildman–Crippen MR) is 48.6 cm³/mol. The molecule has 1 rings (SSSR count). The Hall–Kier alpha value is -0.820. The zero-order chi connectivity index (χ0) is 8.27. The highest BCUT2D eigenvalue weighted by Gasteiger charge is 1.97. The first-order valence-corrected chi connectivity index (χ1v) is 3.95. The molecule has 0 spiro atoms. The van der Waals surface area contributed by atoms with Crippen LogP contribution in [0.4, 0.5) is 0 Å². The molecular weight excluding hydrogens is 158 g/mol. The van der Waals surface area contributed by atoms with E-state index in [0.29, 0.717) is 10.7 Å². The van der Waals surface area contributed by atoms with Crippen molar-refractivity contribution >= 4 is 17.3 Å². The van der Waals surface area contributed by atoms with E-state index in [1.807, 2.05) is 31.2 Å². The summed E-state index contributed by atoms with van der Waals surface area (Å²) in [7, 11) is 0. The Morgan fingerprint density at radius 3 is 2.82 bits per heavy atom. The molecule has 0 bridgehead atoms. The third kappa shape index (κ3) is 2.05. The summed E-state index contributed by atoms with van der Waals surface area (Å²) in [6.07, 6.45) is 0.750. The van der Waals surface area contributed by atoms with E-state index in [-0.39, 0.29) is 0 Å². The first-order valence-electron chi connectivity index (χ1n) is 3.57. The zero-order valence-corrected chi connectivity index (χ0v) is 7.15. The molecule has 0 unspecified atom stereocenters. The fourth-order valence-electron chi connectivity index (χ4n) is 0.880. The Labute approximate surface area is 71.5 Å². The number of hydrogen-bond acceptors (Lipinski definition) is 1. The van der Waals surface area contributed by atoms with Crippen LogP contribution in [-0.4, -0.2) is 5.71 Å². The molecule has 0 aliphatic carbocycles. The first kappa shape index (κ1) is 8.28. The number of nitrogens with one attached hydrogen (secondary N) is 1. The minimum absolute atomic E-state index is 0.632. The lowest BCUT2D eigenvalue weighted by Crippen LogP contribution is -1.95. The highest BCUT2D eigenvalue weighted by atomic mass is 35.5. The second-order valence-electron chi connectivity index (χ2n) is 2.34. The first-order chi connectivity index (χ1) is 5.24. The Morgan fingerprint density at radius 2 is 2.27 bits per heavy atom. The molecule has 1 aromatic carbocycles. The van der Waals surface area contributed by atoms with E-state index in [1.165, 1.54) is 0 Å². The van der Waals surface area contributed by atoms with Crippen molar-refractivity contribution in [1.29, 1.82) is 5.41 Å². The summed E-state index contributed by atoms with van der Waals surface area (Å²) in [6, 6.07) is 7.39. The van der Waals surface area contributed by atoms with Crippen LogP contribution in [0, 0.1) is 5.41 Å². The maximum absolute atomic E-state index is 7.52. The van der Waals surface area contributed by atoms with Crippen molar-refractivity contribution in [2.24, 2.45) is 0 Å². The van der Waals surface area contributed by atoms with Crippen molar-refractivity contribution in [2.45, 2.75) is 13.3 Å². The van der Waals surface area contributed by atoms with Crippen molar-refractivity contribution in [1.82, 2.24) is 0 Å². The third-order valence-corrected chi connectivity index (χ3v) is 1.76. The number of halogens is 1. The minimum atomic E-state index is 0.632. The van der Waals surface area contributed by atoms with Gasteiger partial charge in [-0.3, -0.25) is 0 Å². The Balaban J connectivity index is 2.96. The molecule has 0 radical (unpaired) electrons. The lowest BCUT2D eigenvalue weighted by Gasteiger charge is -1.99. The molecule has 0 atom stereocenters. The Bertz CT molecular complexity index is 268. The second kappa shape index (κ2) is 3.54. The molecule has 1 nitrogen and oxygen atoms in total. The lowest BCUT2D eigenvalue weighted by molar-refractivity contribution is 1.24. The van der Waals surface area contributed by atoms with Crippen LogP contribution in [0.5, 0.6) is 0 Å². The van der Waals surface area contributed by atoms with E-state index >= 15 is 0 Å². The van der Waals surface area contributed by atoms with E-state index < -0.39 is 0 Å². The molecule has 0 aliphatic rings. The van der Waals surface area contributed by atoms with E-state index in [0.717, 1.165) is 12.0 Å². The van der Waals surface area contributed by atoms with Crippen LogP contribution in [0.3, 0.4) is 0 Å². The van der Waals surface area contributed by atoms with Gasteiger partial charge in [0, 0.05) is 10.7 Å². The van der Waals surface area contributed by atoms with Gasteiger partial charge in [-0.1, -0.05) is 30.7 Å². The number of rotatable bonds is 2. The average molecular weight is 168 g/mol. The molecule has 0 heterocycles. The minimum Gasteiger partial charge on any atom is -0.305 e. The van der Waals surface area contributed by atoms with Gasteiger partial charge in [0.2, 0.25) is 0 Å². The van der Waals surface area contributed by atoms with Gasteiger partial charge in [0.1, 0.15) is 0 Å². The molecule has 1 aromatic rings. The maximum atomic E-state index is 7.52. The van der Waals surface area contributed by atoms with Gasteiger partial charge in [0.15, 0.2) is 0 Å². The largest absolute Gasteiger partial charge is 0.305 e. The van der Waals surface area contributed by atoms with Crippen molar-refractivity contribution < 1.29 is 0 Å². The average Bonchev–Trinajstić information content (AvgIpc) is 2.03. The normalized spacial score (nSPS) is 9.64. The summed E-state index contributed by atoms with van der Waals surface area (Å²) in [6.45, 7) is 1.96. The van der Waals surface area contributed by atoms with Crippen molar-refractivity contribution in [3.63, 3.8) is 0 Å². The number of benzene rings is 1. The van der Waals surface area contributed by atoms with Crippen molar-refractivity contribution in [2.75, 3.05) is 0 Å². The lowest BCUT2D eigenvalue weighted by atomic mass is 10.1. The van der Waals surface area contributed by atoms with E-state index in [9.17, 15) is 0 Å². The Kier molecular flexibility index (Phi) is 2.66. The molecule has 0 fully saturated rings. The molecule has 0 saturated heterocycles. The molecule has 0 aromatic heterocycles. The van der Waals surface area contributed by atoms with Gasteiger partial charge in [-0.2, -0.15) is 0 Å². The molecule has 2 heteroatoms.